The van der Waals surface area contributed by atoms with Crippen LogP contribution in [0.25, 0.3) is 98.0 Å². The van der Waals surface area contributed by atoms with Gasteiger partial charge in [0.15, 0.2) is 0 Å². The Labute approximate surface area is 277 Å². The predicted molar refractivity (Wildman–Crippen MR) is 198 cm³/mol. The van der Waals surface area contributed by atoms with E-state index in [4.69, 9.17) is 9.97 Å². The molecule has 0 unspecified atom stereocenters. The van der Waals surface area contributed by atoms with E-state index in [0.717, 1.165) is 21.5 Å². The fourth-order valence-corrected chi connectivity index (χ4v) is 10.1. The Hall–Kier alpha value is -5.93. The lowest BCUT2D eigenvalue weighted by molar-refractivity contribution is 0.599. The van der Waals surface area contributed by atoms with Crippen molar-refractivity contribution in [1.82, 2.24) is 18.8 Å². The van der Waals surface area contributed by atoms with Crippen LogP contribution in [0.15, 0.2) is 104 Å². The van der Waals surface area contributed by atoms with E-state index in [9.17, 15) is 18.0 Å². The second-order valence-electron chi connectivity index (χ2n) is 12.0. The normalized spacial score (nSPS) is 13.8. The molecule has 5 heterocycles. The molecule has 7 aromatic carbocycles. The topological polar surface area (TPSA) is 103 Å². The highest BCUT2D eigenvalue weighted by atomic mass is 32.2. The number of hydrogen-bond donors (Lipinski definition) is 0. The highest BCUT2D eigenvalue weighted by Gasteiger charge is 2.37. The van der Waals surface area contributed by atoms with Gasteiger partial charge in [0.2, 0.25) is 9.84 Å². The number of sulfone groups is 1. The molecular weight excluding hydrogens is 633 g/mol. The number of aromatic nitrogens is 4. The molecule has 12 rings (SSSR count). The molecule has 236 valence electrons. The van der Waals surface area contributed by atoms with Crippen LogP contribution >= 0.6 is 0 Å². The number of fused-ring (bicyclic) bond motifs is 9. The van der Waals surface area contributed by atoms with Crippen molar-refractivity contribution in [2.24, 2.45) is 0 Å². The van der Waals surface area contributed by atoms with Gasteiger partial charge in [-0.1, -0.05) is 64.1 Å². The minimum absolute atomic E-state index is 0.194. The quantitative estimate of drug-likeness (QED) is 0.120. The minimum atomic E-state index is -4.00. The molecule has 0 spiro atoms. The molecule has 9 heteroatoms. The molecular formula is C40H26N4O4S. The van der Waals surface area contributed by atoms with Crippen LogP contribution in [0.3, 0.4) is 0 Å². The third-order valence-corrected chi connectivity index (χ3v) is 11.9. The average molecular weight is 659 g/mol. The summed E-state index contributed by atoms with van der Waals surface area (Å²) in [7, 11) is -4.00. The van der Waals surface area contributed by atoms with Crippen LogP contribution in [-0.2, 0) is 9.84 Å². The summed E-state index contributed by atoms with van der Waals surface area (Å²) in [5.74, 6) is 0. The largest absolute Gasteiger partial charge is 0.268 e. The lowest BCUT2D eigenvalue weighted by Crippen LogP contribution is -2.14. The molecule has 0 N–H and O–H groups in total. The van der Waals surface area contributed by atoms with Crippen LogP contribution in [0.5, 0.6) is 0 Å². The van der Waals surface area contributed by atoms with Gasteiger partial charge in [-0.3, -0.25) is 18.4 Å². The van der Waals surface area contributed by atoms with E-state index in [1.54, 1.807) is 20.9 Å². The van der Waals surface area contributed by atoms with Gasteiger partial charge in [0.25, 0.3) is 11.1 Å². The average Bonchev–Trinajstić information content (AvgIpc) is 3.79. The van der Waals surface area contributed by atoms with Crippen LogP contribution in [0.4, 0.5) is 0 Å². The van der Waals surface area contributed by atoms with Gasteiger partial charge in [0.05, 0.1) is 31.9 Å². The Balaban J connectivity index is 0.000000740. The molecule has 4 aromatic heterocycles. The first-order valence-corrected chi connectivity index (χ1v) is 18.0. The van der Waals surface area contributed by atoms with Crippen LogP contribution in [0, 0.1) is 0 Å². The smallest absolute Gasteiger partial charge is 0.264 e. The van der Waals surface area contributed by atoms with Crippen LogP contribution in [-0.4, -0.2) is 27.2 Å². The van der Waals surface area contributed by atoms with E-state index in [1.165, 1.54) is 0 Å². The zero-order valence-corrected chi connectivity index (χ0v) is 27.7. The van der Waals surface area contributed by atoms with E-state index in [0.29, 0.717) is 76.5 Å². The number of imidazole rings is 2. The van der Waals surface area contributed by atoms with Gasteiger partial charge in [-0.05, 0) is 59.3 Å². The first kappa shape index (κ1) is 28.1. The Kier molecular flexibility index (Phi) is 5.25. The molecule has 0 radical (unpaired) electrons. The Morgan fingerprint density at radius 1 is 0.469 bits per heavy atom. The first-order valence-electron chi connectivity index (χ1n) is 16.5. The molecule has 0 saturated carbocycles. The monoisotopic (exact) mass is 658 g/mol. The van der Waals surface area contributed by atoms with Crippen molar-refractivity contribution in [2.75, 3.05) is 0 Å². The fraction of sp³-hybridized carbons (Fsp3) is 0.100. The fourth-order valence-electron chi connectivity index (χ4n) is 8.34. The maximum absolute atomic E-state index is 14.6. The maximum atomic E-state index is 14.6. The number of para-hydroxylation sites is 4. The molecule has 0 saturated heterocycles. The summed E-state index contributed by atoms with van der Waals surface area (Å²) in [6.07, 6.45) is 0. The Morgan fingerprint density at radius 3 is 1.29 bits per heavy atom. The number of hydrogen-bond acceptors (Lipinski definition) is 6. The van der Waals surface area contributed by atoms with Gasteiger partial charge in [-0.25, -0.2) is 18.4 Å². The van der Waals surface area contributed by atoms with Crippen LogP contribution in [0.2, 0.25) is 0 Å². The molecule has 0 atom stereocenters. The van der Waals surface area contributed by atoms with E-state index < -0.39 is 9.84 Å². The maximum Gasteiger partial charge on any atom is 0.264 e. The van der Waals surface area contributed by atoms with E-state index in [1.807, 2.05) is 100 Å². The second-order valence-corrected chi connectivity index (χ2v) is 13.9. The van der Waals surface area contributed by atoms with E-state index in [2.05, 4.69) is 0 Å². The number of pyridine rings is 2. The van der Waals surface area contributed by atoms with Gasteiger partial charge in [0, 0.05) is 53.9 Å². The molecule has 1 aliphatic rings. The van der Waals surface area contributed by atoms with Gasteiger partial charge in [-0.2, -0.15) is 0 Å². The molecule has 0 aliphatic carbocycles. The van der Waals surface area contributed by atoms with Crippen molar-refractivity contribution in [1.29, 1.82) is 0 Å². The molecule has 49 heavy (non-hydrogen) atoms. The first-order chi connectivity index (χ1) is 23.9. The Bertz CT molecular complexity index is 3270. The third-order valence-electron chi connectivity index (χ3n) is 10.1. The lowest BCUT2D eigenvalue weighted by Gasteiger charge is -2.17. The van der Waals surface area contributed by atoms with Crippen molar-refractivity contribution in [3.63, 3.8) is 0 Å². The predicted octanol–water partition coefficient (Wildman–Crippen LogP) is 8.44. The van der Waals surface area contributed by atoms with Crippen molar-refractivity contribution in [3.05, 3.63) is 106 Å². The molecule has 0 bridgehead atoms. The second kappa shape index (κ2) is 9.15. The van der Waals surface area contributed by atoms with Crippen molar-refractivity contribution in [2.45, 2.75) is 37.5 Å². The third kappa shape index (κ3) is 3.00. The zero-order chi connectivity index (χ0) is 33.7. The molecule has 1 aliphatic heterocycles. The van der Waals surface area contributed by atoms with Gasteiger partial charge < -0.3 is 0 Å². The summed E-state index contributed by atoms with van der Waals surface area (Å²) < 4.78 is 32.4. The molecule has 11 aromatic rings. The molecule has 8 nitrogen and oxygen atoms in total. The number of benzene rings is 7. The SMILES string of the molecule is CC.CC.O=c1c2ccc3c4ccc5c(=O)n6c7ccccc7nc6c6cc7c(c8c(cc(c2c38)c2nc3ccccc3n12)S7(=O)=O)c4c56. The molecule has 0 amide bonds. The van der Waals surface area contributed by atoms with E-state index in [-0.39, 0.29) is 20.9 Å². The highest BCUT2D eigenvalue weighted by Crippen LogP contribution is 2.54. The Morgan fingerprint density at radius 2 is 0.857 bits per heavy atom. The number of rotatable bonds is 0. The van der Waals surface area contributed by atoms with Crippen LogP contribution < -0.4 is 11.1 Å². The van der Waals surface area contributed by atoms with Gasteiger partial charge in [-0.15, -0.1) is 0 Å². The van der Waals surface area contributed by atoms with Crippen molar-refractivity contribution < 1.29 is 8.42 Å². The highest BCUT2D eigenvalue weighted by molar-refractivity contribution is 7.92. The summed E-state index contributed by atoms with van der Waals surface area (Å²) in [5.41, 5.74) is 3.15. The minimum Gasteiger partial charge on any atom is -0.268 e. The summed E-state index contributed by atoms with van der Waals surface area (Å²) in [5, 5.41) is 7.98. The van der Waals surface area contributed by atoms with Gasteiger partial charge in [0.1, 0.15) is 11.3 Å². The summed E-state index contributed by atoms with van der Waals surface area (Å²) in [6, 6.07) is 25.8. The molecule has 0 fully saturated rings. The van der Waals surface area contributed by atoms with Crippen molar-refractivity contribution >= 4 is 108 Å². The lowest BCUT2D eigenvalue weighted by atomic mass is 9.86. The number of nitrogens with zero attached hydrogens (tertiary/aromatic N) is 4. The summed E-state index contributed by atoms with van der Waals surface area (Å²) in [4.78, 5) is 38.2. The van der Waals surface area contributed by atoms with Crippen molar-refractivity contribution in [3.8, 4) is 0 Å². The van der Waals surface area contributed by atoms with Gasteiger partial charge >= 0.3 is 0 Å². The summed E-state index contributed by atoms with van der Waals surface area (Å²) >= 11 is 0. The zero-order valence-electron chi connectivity index (χ0n) is 26.9. The standard InChI is InChI=1S/C36H14N4O4S.2C2H6/c41-35-17-11-9-15-16-10-12-18-28-20(34-38-22-6-2-4-8-24(22)40(34)36(18)42)14-26-32(30(16)28)31-25(45(26,43)44)13-19(27(17)29(15)31)33-37-21-5-1-3-7-23(21)39(33)35;2*1-2/h1-14H;2*1-2H3. The summed E-state index contributed by atoms with van der Waals surface area (Å²) in [6.45, 7) is 8.00. The van der Waals surface area contributed by atoms with E-state index >= 15 is 0 Å². The van der Waals surface area contributed by atoms with Crippen LogP contribution in [0.1, 0.15) is 27.7 Å².